The first-order valence-corrected chi connectivity index (χ1v) is 9.54. The van der Waals surface area contributed by atoms with Crippen LogP contribution in [0, 0.1) is 0 Å². The number of rotatable bonds is 6. The Morgan fingerprint density at radius 1 is 1.10 bits per heavy atom. The lowest BCUT2D eigenvalue weighted by Gasteiger charge is -2.11. The van der Waals surface area contributed by atoms with Crippen molar-refractivity contribution in [2.45, 2.75) is 5.16 Å². The summed E-state index contributed by atoms with van der Waals surface area (Å²) in [5.74, 6) is 0.873. The van der Waals surface area contributed by atoms with Gasteiger partial charge in [-0.1, -0.05) is 11.8 Å². The van der Waals surface area contributed by atoms with Gasteiger partial charge in [-0.3, -0.25) is 18.7 Å². The minimum Gasteiger partial charge on any atom is -0.497 e. The lowest BCUT2D eigenvalue weighted by molar-refractivity contribution is -0.113. The minimum atomic E-state index is -0.474. The average Bonchev–Trinajstić information content (AvgIpc) is 3.05. The molecule has 1 amide bonds. The first-order chi connectivity index (χ1) is 13.8. The van der Waals surface area contributed by atoms with E-state index in [4.69, 9.17) is 9.47 Å². The molecule has 0 saturated carbocycles. The summed E-state index contributed by atoms with van der Waals surface area (Å²) in [5.41, 5.74) is 0.180. The summed E-state index contributed by atoms with van der Waals surface area (Å²) in [7, 11) is 7.72. The second-order valence-corrected chi connectivity index (χ2v) is 7.18. The van der Waals surface area contributed by atoms with Crippen LogP contribution >= 0.6 is 11.8 Å². The number of imidazole rings is 1. The van der Waals surface area contributed by atoms with Crippen molar-refractivity contribution in [3.8, 4) is 11.5 Å². The molecule has 1 aromatic carbocycles. The quantitative estimate of drug-likeness (QED) is 0.586. The van der Waals surface area contributed by atoms with Crippen LogP contribution < -0.4 is 26.0 Å². The van der Waals surface area contributed by atoms with Gasteiger partial charge in [-0.15, -0.1) is 0 Å². The van der Waals surface area contributed by atoms with Crippen molar-refractivity contribution in [3.05, 3.63) is 39.0 Å². The largest absolute Gasteiger partial charge is 0.497 e. The van der Waals surface area contributed by atoms with Gasteiger partial charge in [-0.2, -0.15) is 0 Å². The van der Waals surface area contributed by atoms with Crippen LogP contribution in [-0.4, -0.2) is 44.6 Å². The number of methoxy groups -OCH3 is 2. The Bertz CT molecular complexity index is 1210. The van der Waals surface area contributed by atoms with Crippen molar-refractivity contribution in [2.75, 3.05) is 25.3 Å². The van der Waals surface area contributed by atoms with E-state index in [9.17, 15) is 14.4 Å². The second kappa shape index (κ2) is 8.03. The van der Waals surface area contributed by atoms with Gasteiger partial charge in [-0.25, -0.2) is 9.78 Å². The molecule has 0 atom stereocenters. The molecule has 10 nitrogen and oxygen atoms in total. The van der Waals surface area contributed by atoms with E-state index in [2.05, 4.69) is 10.3 Å². The molecule has 0 fully saturated rings. The van der Waals surface area contributed by atoms with Crippen LogP contribution in [0.4, 0.5) is 5.69 Å². The summed E-state index contributed by atoms with van der Waals surface area (Å²) < 4.78 is 14.4. The lowest BCUT2D eigenvalue weighted by Crippen LogP contribution is -2.37. The molecule has 0 radical (unpaired) electrons. The molecule has 154 valence electrons. The number of aryl methyl sites for hydroxylation is 2. The Labute approximate surface area is 170 Å². The highest BCUT2D eigenvalue weighted by molar-refractivity contribution is 7.99. The number of anilines is 1. The number of hydrogen-bond acceptors (Lipinski definition) is 7. The Balaban J connectivity index is 1.81. The highest BCUT2D eigenvalue weighted by Gasteiger charge is 2.18. The van der Waals surface area contributed by atoms with E-state index in [1.165, 1.54) is 18.7 Å². The molecule has 0 aliphatic rings. The van der Waals surface area contributed by atoms with Crippen molar-refractivity contribution in [1.82, 2.24) is 18.7 Å². The van der Waals surface area contributed by atoms with E-state index in [-0.39, 0.29) is 17.2 Å². The maximum atomic E-state index is 12.4. The van der Waals surface area contributed by atoms with Crippen LogP contribution in [0.2, 0.25) is 0 Å². The zero-order chi connectivity index (χ0) is 21.3. The Morgan fingerprint density at radius 3 is 2.48 bits per heavy atom. The molecule has 3 aromatic rings. The van der Waals surface area contributed by atoms with Gasteiger partial charge in [0.2, 0.25) is 5.91 Å². The molecule has 0 unspecified atom stereocenters. The van der Waals surface area contributed by atoms with Gasteiger partial charge in [0.05, 0.1) is 25.7 Å². The number of thioether (sulfide) groups is 1. The molecule has 1 N–H and O–H groups in total. The van der Waals surface area contributed by atoms with Crippen molar-refractivity contribution >= 4 is 34.5 Å². The number of benzene rings is 1. The van der Waals surface area contributed by atoms with Gasteiger partial charge in [0.25, 0.3) is 5.56 Å². The first kappa shape index (κ1) is 20.5. The van der Waals surface area contributed by atoms with Gasteiger partial charge < -0.3 is 19.4 Å². The number of amides is 1. The molecule has 2 aromatic heterocycles. The van der Waals surface area contributed by atoms with E-state index in [0.717, 1.165) is 16.3 Å². The Kier molecular flexibility index (Phi) is 5.69. The first-order valence-electron chi connectivity index (χ1n) is 8.55. The van der Waals surface area contributed by atoms with E-state index < -0.39 is 11.2 Å². The molecule has 0 saturated heterocycles. The second-order valence-electron chi connectivity index (χ2n) is 6.23. The van der Waals surface area contributed by atoms with Gasteiger partial charge in [0, 0.05) is 27.2 Å². The summed E-state index contributed by atoms with van der Waals surface area (Å²) in [4.78, 5) is 41.2. The Hall–Kier alpha value is -3.21. The van der Waals surface area contributed by atoms with Gasteiger partial charge in [0.15, 0.2) is 16.3 Å². The summed E-state index contributed by atoms with van der Waals surface area (Å²) in [6.45, 7) is 0. The maximum absolute atomic E-state index is 12.4. The fourth-order valence-electron chi connectivity index (χ4n) is 2.91. The fraction of sp³-hybridized carbons (Fsp3) is 0.333. The van der Waals surface area contributed by atoms with Crippen LogP contribution in [0.15, 0.2) is 32.9 Å². The molecular formula is C18H21N5O5S. The average molecular weight is 419 g/mol. The predicted molar refractivity (Wildman–Crippen MR) is 110 cm³/mol. The summed E-state index contributed by atoms with van der Waals surface area (Å²) in [6, 6.07) is 5.08. The Morgan fingerprint density at radius 2 is 1.83 bits per heavy atom. The highest BCUT2D eigenvalue weighted by Crippen LogP contribution is 2.29. The van der Waals surface area contributed by atoms with Crippen LogP contribution in [-0.2, 0) is 25.9 Å². The summed E-state index contributed by atoms with van der Waals surface area (Å²) in [6.07, 6.45) is 0. The smallest absolute Gasteiger partial charge is 0.332 e. The van der Waals surface area contributed by atoms with Crippen LogP contribution in [0.25, 0.3) is 11.2 Å². The van der Waals surface area contributed by atoms with E-state index in [1.54, 1.807) is 44.0 Å². The summed E-state index contributed by atoms with van der Waals surface area (Å²) in [5, 5.41) is 3.23. The number of carbonyl (C=O) groups excluding carboxylic acids is 1. The third-order valence-electron chi connectivity index (χ3n) is 4.44. The van der Waals surface area contributed by atoms with Gasteiger partial charge in [-0.05, 0) is 12.1 Å². The van der Waals surface area contributed by atoms with Crippen LogP contribution in [0.3, 0.4) is 0 Å². The number of carbonyl (C=O) groups is 1. The molecule has 0 aliphatic carbocycles. The zero-order valence-corrected chi connectivity index (χ0v) is 17.5. The summed E-state index contributed by atoms with van der Waals surface area (Å²) >= 11 is 1.16. The standard InChI is InChI=1S/C18H21N5O5S/c1-21-15-14(16(25)23(3)18(26)22(15)2)20-17(21)29-9-13(24)19-11-7-6-10(27-4)8-12(11)28-5/h6-8H,9H2,1-5H3,(H,19,24). The van der Waals surface area contributed by atoms with Crippen molar-refractivity contribution in [3.63, 3.8) is 0 Å². The number of hydrogen-bond donors (Lipinski definition) is 1. The molecule has 2 heterocycles. The third-order valence-corrected chi connectivity index (χ3v) is 5.47. The predicted octanol–water partition coefficient (Wildman–Crippen LogP) is 0.719. The molecule has 0 spiro atoms. The maximum Gasteiger partial charge on any atom is 0.332 e. The minimum absolute atomic E-state index is 0.0562. The van der Waals surface area contributed by atoms with Crippen molar-refractivity contribution in [1.29, 1.82) is 0 Å². The number of fused-ring (bicyclic) bond motifs is 1. The van der Waals surface area contributed by atoms with Gasteiger partial charge in [0.1, 0.15) is 11.5 Å². The highest BCUT2D eigenvalue weighted by atomic mass is 32.2. The molecule has 29 heavy (non-hydrogen) atoms. The topological polar surface area (TPSA) is 109 Å². The SMILES string of the molecule is COc1ccc(NC(=O)CSc2nc3c(=O)n(C)c(=O)n(C)c3n2C)c(OC)c1. The molecule has 0 bridgehead atoms. The number of aromatic nitrogens is 4. The van der Waals surface area contributed by atoms with E-state index in [1.807, 2.05) is 0 Å². The van der Waals surface area contributed by atoms with Crippen molar-refractivity contribution < 1.29 is 14.3 Å². The third kappa shape index (κ3) is 3.73. The molecular weight excluding hydrogens is 398 g/mol. The molecule has 3 rings (SSSR count). The molecule has 11 heteroatoms. The fourth-order valence-corrected chi connectivity index (χ4v) is 3.67. The number of nitrogens with one attached hydrogen (secondary N) is 1. The van der Waals surface area contributed by atoms with Crippen LogP contribution in [0.5, 0.6) is 11.5 Å². The number of ether oxygens (including phenoxy) is 2. The van der Waals surface area contributed by atoms with E-state index >= 15 is 0 Å². The number of nitrogens with zero attached hydrogens (tertiary/aromatic N) is 4. The van der Waals surface area contributed by atoms with Gasteiger partial charge >= 0.3 is 5.69 Å². The zero-order valence-electron chi connectivity index (χ0n) is 16.7. The van der Waals surface area contributed by atoms with Crippen molar-refractivity contribution in [2.24, 2.45) is 21.1 Å². The molecule has 0 aliphatic heterocycles. The van der Waals surface area contributed by atoms with E-state index in [0.29, 0.717) is 28.0 Å². The lowest BCUT2D eigenvalue weighted by atomic mass is 10.2. The van der Waals surface area contributed by atoms with Crippen LogP contribution in [0.1, 0.15) is 0 Å². The monoisotopic (exact) mass is 419 g/mol. The normalized spacial score (nSPS) is 10.9.